The molecule has 0 N–H and O–H groups in total. The quantitative estimate of drug-likeness (QED) is 0.617. The fourth-order valence-electron chi connectivity index (χ4n) is 2.76. The molecule has 1 atom stereocenters. The van der Waals surface area contributed by atoms with E-state index in [-0.39, 0.29) is 5.00 Å². The van der Waals surface area contributed by atoms with E-state index in [1.807, 2.05) is 18.2 Å². The third-order valence-corrected chi connectivity index (χ3v) is 4.97. The summed E-state index contributed by atoms with van der Waals surface area (Å²) in [7, 11) is 3.27. The summed E-state index contributed by atoms with van der Waals surface area (Å²) in [5.74, 6) is 1.85. The number of methoxy groups -OCH3 is 2. The van der Waals surface area contributed by atoms with Crippen LogP contribution in [0.4, 0.5) is 10.1 Å². The highest BCUT2D eigenvalue weighted by molar-refractivity contribution is 7.18. The Hall–Kier alpha value is -2.35. The summed E-state index contributed by atoms with van der Waals surface area (Å²) in [5, 5.41) is 11.6. The molecule has 0 radical (unpaired) electrons. The van der Waals surface area contributed by atoms with Gasteiger partial charge < -0.3 is 14.4 Å². The topological polar surface area (TPSA) is 77.7 Å². The van der Waals surface area contributed by atoms with Crippen LogP contribution in [0.1, 0.15) is 17.9 Å². The molecule has 23 heavy (non-hydrogen) atoms. The van der Waals surface area contributed by atoms with Crippen molar-refractivity contribution in [2.45, 2.75) is 12.3 Å². The first-order valence-electron chi connectivity index (χ1n) is 7.19. The molecule has 1 aliphatic heterocycles. The number of rotatable bonds is 5. The van der Waals surface area contributed by atoms with Gasteiger partial charge in [0.2, 0.25) is 0 Å². The van der Waals surface area contributed by atoms with Gasteiger partial charge in [-0.2, -0.15) is 0 Å². The Bertz CT molecular complexity index is 696. The zero-order valence-corrected chi connectivity index (χ0v) is 13.7. The predicted molar refractivity (Wildman–Crippen MR) is 87.9 cm³/mol. The highest BCUT2D eigenvalue weighted by atomic mass is 32.1. The second-order valence-corrected chi connectivity index (χ2v) is 6.30. The lowest BCUT2D eigenvalue weighted by Gasteiger charge is -2.16. The van der Waals surface area contributed by atoms with E-state index in [9.17, 15) is 10.1 Å². The standard InChI is InChI=1S/C15H17N3O4S/c1-21-12-5-11(6-13(7-12)22-2)10-3-4-17(9-10)15-16-8-14(23-15)18(19)20/h5-8,10H,3-4,9H2,1-2H3. The lowest BCUT2D eigenvalue weighted by molar-refractivity contribution is -0.380. The van der Waals surface area contributed by atoms with Crippen LogP contribution in [0.15, 0.2) is 24.4 Å². The second-order valence-electron chi connectivity index (χ2n) is 5.32. The number of aromatic nitrogens is 1. The van der Waals surface area contributed by atoms with Gasteiger partial charge in [0.15, 0.2) is 5.13 Å². The number of anilines is 1. The van der Waals surface area contributed by atoms with Gasteiger partial charge in [0, 0.05) is 25.1 Å². The molecule has 1 aromatic carbocycles. The van der Waals surface area contributed by atoms with Crippen LogP contribution in [0, 0.1) is 10.1 Å². The Kier molecular flexibility index (Phi) is 4.33. The smallest absolute Gasteiger partial charge is 0.345 e. The van der Waals surface area contributed by atoms with Crippen LogP contribution in [0.2, 0.25) is 0 Å². The fourth-order valence-corrected chi connectivity index (χ4v) is 3.53. The molecule has 122 valence electrons. The highest BCUT2D eigenvalue weighted by Crippen LogP contribution is 2.37. The molecule has 0 aliphatic carbocycles. The predicted octanol–water partition coefficient (Wildman–Crippen LogP) is 3.06. The third kappa shape index (κ3) is 3.21. The summed E-state index contributed by atoms with van der Waals surface area (Å²) >= 11 is 1.12. The van der Waals surface area contributed by atoms with Crippen molar-refractivity contribution in [2.24, 2.45) is 0 Å². The Morgan fingerprint density at radius 3 is 2.57 bits per heavy atom. The summed E-state index contributed by atoms with van der Waals surface area (Å²) in [6.45, 7) is 1.61. The second kappa shape index (κ2) is 6.41. The SMILES string of the molecule is COc1cc(OC)cc(C2CCN(c3ncc([N+](=O)[O-])s3)C2)c1. The van der Waals surface area contributed by atoms with Crippen LogP contribution in [-0.2, 0) is 0 Å². The number of hydrogen-bond acceptors (Lipinski definition) is 7. The first kappa shape index (κ1) is 15.5. The minimum absolute atomic E-state index is 0.0755. The van der Waals surface area contributed by atoms with Crippen LogP contribution in [0.25, 0.3) is 0 Å². The van der Waals surface area contributed by atoms with Gasteiger partial charge in [-0.15, -0.1) is 0 Å². The van der Waals surface area contributed by atoms with Crippen molar-refractivity contribution in [2.75, 3.05) is 32.2 Å². The molecule has 0 spiro atoms. The number of thiazole rings is 1. The van der Waals surface area contributed by atoms with Gasteiger partial charge in [0.05, 0.1) is 19.1 Å². The fraction of sp³-hybridized carbons (Fsp3) is 0.400. The van der Waals surface area contributed by atoms with E-state index >= 15 is 0 Å². The summed E-state index contributed by atoms with van der Waals surface area (Å²) < 4.78 is 10.6. The van der Waals surface area contributed by atoms with Crippen LogP contribution in [0.3, 0.4) is 0 Å². The Labute approximate surface area is 137 Å². The molecule has 1 saturated heterocycles. The highest BCUT2D eigenvalue weighted by Gasteiger charge is 2.27. The van der Waals surface area contributed by atoms with Gasteiger partial charge >= 0.3 is 5.00 Å². The molecule has 8 heteroatoms. The van der Waals surface area contributed by atoms with Gasteiger partial charge in [0.1, 0.15) is 17.7 Å². The monoisotopic (exact) mass is 335 g/mol. The lowest BCUT2D eigenvalue weighted by atomic mass is 9.98. The van der Waals surface area contributed by atoms with Gasteiger partial charge in [-0.25, -0.2) is 4.98 Å². The molecule has 1 aromatic heterocycles. The molecule has 3 rings (SSSR count). The van der Waals surface area contributed by atoms with E-state index in [4.69, 9.17) is 9.47 Å². The van der Waals surface area contributed by atoms with E-state index in [1.165, 1.54) is 6.20 Å². The number of nitrogens with zero attached hydrogens (tertiary/aromatic N) is 3. The molecule has 0 amide bonds. The van der Waals surface area contributed by atoms with Crippen molar-refractivity contribution in [1.82, 2.24) is 4.98 Å². The molecule has 1 aliphatic rings. The Morgan fingerprint density at radius 2 is 2.00 bits per heavy atom. The molecule has 0 saturated carbocycles. The van der Waals surface area contributed by atoms with E-state index in [1.54, 1.807) is 14.2 Å². The molecule has 1 unspecified atom stereocenters. The molecule has 7 nitrogen and oxygen atoms in total. The minimum atomic E-state index is -0.401. The van der Waals surface area contributed by atoms with E-state index in [2.05, 4.69) is 9.88 Å². The zero-order valence-electron chi connectivity index (χ0n) is 12.9. The molecule has 2 aromatic rings. The normalized spacial score (nSPS) is 17.3. The van der Waals surface area contributed by atoms with Gasteiger partial charge in [-0.3, -0.25) is 10.1 Å². The molecule has 2 heterocycles. The average molecular weight is 335 g/mol. The summed E-state index contributed by atoms with van der Waals surface area (Å²) in [5.41, 5.74) is 1.15. The molecule has 1 fully saturated rings. The lowest BCUT2D eigenvalue weighted by Crippen LogP contribution is -2.18. The maximum absolute atomic E-state index is 10.8. The largest absolute Gasteiger partial charge is 0.497 e. The van der Waals surface area contributed by atoms with E-state index in [0.29, 0.717) is 11.0 Å². The molecule has 0 bridgehead atoms. The van der Waals surface area contributed by atoms with Crippen molar-refractivity contribution in [3.05, 3.63) is 40.1 Å². The van der Waals surface area contributed by atoms with Gasteiger partial charge in [-0.1, -0.05) is 0 Å². The zero-order chi connectivity index (χ0) is 16.4. The van der Waals surface area contributed by atoms with Crippen molar-refractivity contribution in [3.63, 3.8) is 0 Å². The first-order chi connectivity index (χ1) is 11.1. The van der Waals surface area contributed by atoms with Crippen molar-refractivity contribution >= 4 is 21.5 Å². The Morgan fingerprint density at radius 1 is 1.30 bits per heavy atom. The van der Waals surface area contributed by atoms with Gasteiger partial charge in [-0.05, 0) is 35.5 Å². The first-order valence-corrected chi connectivity index (χ1v) is 8.00. The van der Waals surface area contributed by atoms with Crippen LogP contribution < -0.4 is 14.4 Å². The number of nitro groups is 1. The number of hydrogen-bond donors (Lipinski definition) is 0. The summed E-state index contributed by atoms with van der Waals surface area (Å²) in [6, 6.07) is 5.88. The maximum Gasteiger partial charge on any atom is 0.345 e. The molecular weight excluding hydrogens is 318 g/mol. The van der Waals surface area contributed by atoms with Crippen LogP contribution in [0.5, 0.6) is 11.5 Å². The number of ether oxygens (including phenoxy) is 2. The van der Waals surface area contributed by atoms with E-state index in [0.717, 1.165) is 47.9 Å². The van der Waals surface area contributed by atoms with Crippen molar-refractivity contribution < 1.29 is 14.4 Å². The van der Waals surface area contributed by atoms with Crippen LogP contribution >= 0.6 is 11.3 Å². The third-order valence-electron chi connectivity index (χ3n) is 3.97. The minimum Gasteiger partial charge on any atom is -0.497 e. The van der Waals surface area contributed by atoms with Crippen molar-refractivity contribution in [1.29, 1.82) is 0 Å². The number of benzene rings is 1. The molecular formula is C15H17N3O4S. The van der Waals surface area contributed by atoms with Gasteiger partial charge in [0.25, 0.3) is 0 Å². The summed E-state index contributed by atoms with van der Waals surface area (Å²) in [6.07, 6.45) is 2.28. The Balaban J connectivity index is 1.77. The average Bonchev–Trinajstić information content (AvgIpc) is 3.23. The van der Waals surface area contributed by atoms with E-state index < -0.39 is 4.92 Å². The van der Waals surface area contributed by atoms with Crippen molar-refractivity contribution in [3.8, 4) is 11.5 Å². The maximum atomic E-state index is 10.8. The van der Waals surface area contributed by atoms with Crippen LogP contribution in [-0.4, -0.2) is 37.2 Å². The summed E-state index contributed by atoms with van der Waals surface area (Å²) in [4.78, 5) is 16.6.